The van der Waals surface area contributed by atoms with Crippen LogP contribution in [0.15, 0.2) is 55.0 Å². The topological polar surface area (TPSA) is 120 Å². The van der Waals surface area contributed by atoms with Crippen molar-refractivity contribution in [2.24, 2.45) is 17.8 Å². The summed E-state index contributed by atoms with van der Waals surface area (Å²) in [5.74, 6) is -0.858. The number of fused-ring (bicyclic) bond motifs is 1. The quantitative estimate of drug-likeness (QED) is 0.104. The predicted molar refractivity (Wildman–Crippen MR) is 190 cm³/mol. The standard InChI is InChI=1S/C38H46N4O6S/c1-6-9-10-11-16-42(4)36(44)30-20-27(19-29(30)33(43)41-38(21-25(38)7-2)37(45)47-8-3)48-34-28-15-14-26(46-5)17-24(28)18-31(39-34)35-40-32(22-49-35)23-12-13-23/h6-7,14-15,17-18,22-23,25,27,29-30H,1-2,8-13,16,19-21H2,3-5H3,(H,41,43)/t25-,27-,29-,30-,38+/m1/s1. The van der Waals surface area contributed by atoms with Crippen LogP contribution in [0.2, 0.25) is 0 Å². The molecular formula is C38H46N4O6S. The van der Waals surface area contributed by atoms with Crippen LogP contribution < -0.4 is 14.8 Å². The number of pyridine rings is 1. The average molecular weight is 687 g/mol. The third kappa shape index (κ3) is 7.37. The van der Waals surface area contributed by atoms with Crippen LogP contribution in [0, 0.1) is 17.8 Å². The van der Waals surface area contributed by atoms with E-state index in [1.165, 1.54) is 0 Å². The molecule has 0 aliphatic heterocycles. The van der Waals surface area contributed by atoms with E-state index < -0.39 is 29.4 Å². The van der Waals surface area contributed by atoms with Gasteiger partial charge in [-0.25, -0.2) is 14.8 Å². The van der Waals surface area contributed by atoms with Crippen LogP contribution in [-0.4, -0.2) is 71.6 Å². The fraction of sp³-hybridized carbons (Fsp3) is 0.500. The van der Waals surface area contributed by atoms with Crippen LogP contribution in [0.3, 0.4) is 0 Å². The molecule has 2 amide bonds. The monoisotopic (exact) mass is 686 g/mol. The number of methoxy groups -OCH3 is 1. The van der Waals surface area contributed by atoms with E-state index in [4.69, 9.17) is 24.2 Å². The number of aromatic nitrogens is 2. The van der Waals surface area contributed by atoms with Gasteiger partial charge in [0.1, 0.15) is 28.1 Å². The summed E-state index contributed by atoms with van der Waals surface area (Å²) in [6, 6.07) is 7.73. The van der Waals surface area contributed by atoms with Crippen LogP contribution in [0.1, 0.15) is 69.9 Å². The minimum absolute atomic E-state index is 0.113. The molecular weight excluding hydrogens is 641 g/mol. The number of hydrogen-bond acceptors (Lipinski definition) is 9. The zero-order valence-electron chi connectivity index (χ0n) is 28.6. The Kier molecular flexibility index (Phi) is 10.4. The zero-order valence-corrected chi connectivity index (χ0v) is 29.4. The van der Waals surface area contributed by atoms with Crippen molar-refractivity contribution in [1.82, 2.24) is 20.2 Å². The lowest BCUT2D eigenvalue weighted by molar-refractivity contribution is -0.150. The molecule has 3 saturated carbocycles. The maximum Gasteiger partial charge on any atom is 0.332 e. The number of allylic oxidation sites excluding steroid dienone is 1. The molecule has 3 aromatic rings. The molecule has 0 radical (unpaired) electrons. The number of carbonyl (C=O) groups excluding carboxylic acids is 3. The number of ether oxygens (including phenoxy) is 3. The molecule has 2 heterocycles. The van der Waals surface area contributed by atoms with E-state index >= 15 is 0 Å². The second kappa shape index (κ2) is 14.7. The molecule has 11 heteroatoms. The Bertz CT molecular complexity index is 1740. The van der Waals surface area contributed by atoms with Gasteiger partial charge in [0, 0.05) is 36.2 Å². The molecule has 260 valence electrons. The van der Waals surface area contributed by atoms with Crippen molar-refractivity contribution in [3.05, 3.63) is 60.6 Å². The third-order valence-electron chi connectivity index (χ3n) is 10.0. The van der Waals surface area contributed by atoms with Gasteiger partial charge in [-0.2, -0.15) is 0 Å². The summed E-state index contributed by atoms with van der Waals surface area (Å²) in [7, 11) is 3.41. The first-order valence-electron chi connectivity index (χ1n) is 17.3. The number of thiazole rings is 1. The fourth-order valence-corrected chi connectivity index (χ4v) is 7.78. The van der Waals surface area contributed by atoms with E-state index in [0.717, 1.165) is 53.6 Å². The number of unbranched alkanes of at least 4 members (excludes halogenated alkanes) is 2. The number of nitrogens with zero attached hydrogens (tertiary/aromatic N) is 3. The Morgan fingerprint density at radius 1 is 1.12 bits per heavy atom. The fourth-order valence-electron chi connectivity index (χ4n) is 6.91. The molecule has 0 spiro atoms. The number of hydrogen-bond donors (Lipinski definition) is 1. The second-order valence-corrected chi connectivity index (χ2v) is 14.3. The van der Waals surface area contributed by atoms with Gasteiger partial charge in [0.15, 0.2) is 0 Å². The molecule has 0 bridgehead atoms. The summed E-state index contributed by atoms with van der Waals surface area (Å²) in [6.45, 7) is 10.1. The highest BCUT2D eigenvalue weighted by Gasteiger charge is 2.62. The molecule has 3 aliphatic rings. The first-order chi connectivity index (χ1) is 23.7. The lowest BCUT2D eigenvalue weighted by Crippen LogP contribution is -2.50. The number of nitrogens with one attached hydrogen (secondary N) is 1. The minimum atomic E-state index is -1.16. The molecule has 10 nitrogen and oxygen atoms in total. The first-order valence-corrected chi connectivity index (χ1v) is 18.2. The minimum Gasteiger partial charge on any atom is -0.497 e. The van der Waals surface area contributed by atoms with E-state index in [0.29, 0.717) is 42.6 Å². The molecule has 5 atom stereocenters. The molecule has 3 fully saturated rings. The number of esters is 1. The highest BCUT2D eigenvalue weighted by Crippen LogP contribution is 2.47. The van der Waals surface area contributed by atoms with Crippen LogP contribution >= 0.6 is 11.3 Å². The van der Waals surface area contributed by atoms with Gasteiger partial charge in [0.05, 0.1) is 31.2 Å². The molecule has 1 aromatic carbocycles. The smallest absolute Gasteiger partial charge is 0.332 e. The summed E-state index contributed by atoms with van der Waals surface area (Å²) in [4.78, 5) is 52.6. The van der Waals surface area contributed by atoms with Crippen LogP contribution in [-0.2, 0) is 19.1 Å². The third-order valence-corrected chi connectivity index (χ3v) is 10.9. The Morgan fingerprint density at radius 2 is 1.92 bits per heavy atom. The summed E-state index contributed by atoms with van der Waals surface area (Å²) in [6.07, 6.45) is 9.06. The maximum atomic E-state index is 14.1. The Hall–Kier alpha value is -4.25. The van der Waals surface area contributed by atoms with Gasteiger partial charge in [0.2, 0.25) is 17.7 Å². The summed E-state index contributed by atoms with van der Waals surface area (Å²) < 4.78 is 17.5. The molecule has 6 rings (SSSR count). The van der Waals surface area contributed by atoms with E-state index in [-0.39, 0.29) is 30.8 Å². The molecule has 0 unspecified atom stereocenters. The van der Waals surface area contributed by atoms with E-state index in [9.17, 15) is 14.4 Å². The van der Waals surface area contributed by atoms with Gasteiger partial charge in [-0.05, 0) is 87.9 Å². The van der Waals surface area contributed by atoms with Gasteiger partial charge < -0.3 is 24.4 Å². The van der Waals surface area contributed by atoms with Crippen molar-refractivity contribution in [3.63, 3.8) is 0 Å². The Balaban J connectivity index is 1.28. The van der Waals surface area contributed by atoms with Gasteiger partial charge in [-0.15, -0.1) is 24.5 Å². The van der Waals surface area contributed by atoms with Crippen molar-refractivity contribution in [1.29, 1.82) is 0 Å². The van der Waals surface area contributed by atoms with Crippen LogP contribution in [0.5, 0.6) is 11.6 Å². The zero-order chi connectivity index (χ0) is 34.7. The largest absolute Gasteiger partial charge is 0.497 e. The molecule has 0 saturated heterocycles. The van der Waals surface area contributed by atoms with E-state index in [2.05, 4.69) is 23.9 Å². The lowest BCUT2D eigenvalue weighted by atomic mass is 9.93. The summed E-state index contributed by atoms with van der Waals surface area (Å²) >= 11 is 1.57. The molecule has 1 N–H and O–H groups in total. The molecule has 3 aliphatic carbocycles. The predicted octanol–water partition coefficient (Wildman–Crippen LogP) is 6.46. The number of rotatable bonds is 16. The van der Waals surface area contributed by atoms with Crippen LogP contribution in [0.25, 0.3) is 21.5 Å². The highest BCUT2D eigenvalue weighted by atomic mass is 32.1. The van der Waals surface area contributed by atoms with E-state index in [1.54, 1.807) is 43.4 Å². The average Bonchev–Trinajstić information content (AvgIpc) is 3.98. The van der Waals surface area contributed by atoms with Crippen molar-refractivity contribution >= 4 is 39.9 Å². The number of amides is 2. The summed E-state index contributed by atoms with van der Waals surface area (Å²) in [5.41, 5.74) is 0.646. The number of benzene rings is 1. The first kappa shape index (κ1) is 34.6. The number of carbonyl (C=O) groups is 3. The van der Waals surface area contributed by atoms with Crippen molar-refractivity contribution in [3.8, 4) is 22.3 Å². The second-order valence-electron chi connectivity index (χ2n) is 13.4. The van der Waals surface area contributed by atoms with E-state index in [1.807, 2.05) is 30.3 Å². The highest BCUT2D eigenvalue weighted by molar-refractivity contribution is 7.13. The lowest BCUT2D eigenvalue weighted by Gasteiger charge is -2.26. The SMILES string of the molecule is C=CCCCCN(C)C(=O)[C@@H]1C[C@H](Oc2nc(-c3nc(C4CC4)cs3)cc3cc(OC)ccc23)C[C@H]1C(=O)N[C@@]1(C(=O)OCC)C[C@H]1C=C. The van der Waals surface area contributed by atoms with Gasteiger partial charge in [0.25, 0.3) is 0 Å². The maximum absolute atomic E-state index is 14.1. The van der Waals surface area contributed by atoms with Crippen molar-refractivity contribution in [2.45, 2.75) is 75.9 Å². The van der Waals surface area contributed by atoms with Gasteiger partial charge in [-0.3, -0.25) is 9.59 Å². The van der Waals surface area contributed by atoms with Crippen LogP contribution in [0.4, 0.5) is 0 Å². The Labute approximate surface area is 291 Å². The Morgan fingerprint density at radius 3 is 2.61 bits per heavy atom. The van der Waals surface area contributed by atoms with Gasteiger partial charge >= 0.3 is 5.97 Å². The molecule has 49 heavy (non-hydrogen) atoms. The molecule has 2 aromatic heterocycles. The normalized spacial score (nSPS) is 24.2. The summed E-state index contributed by atoms with van der Waals surface area (Å²) in [5, 5.41) is 7.61. The van der Waals surface area contributed by atoms with Crippen molar-refractivity contribution < 1.29 is 28.6 Å². The van der Waals surface area contributed by atoms with Crippen molar-refractivity contribution in [2.75, 3.05) is 27.3 Å². The van der Waals surface area contributed by atoms with Gasteiger partial charge in [-0.1, -0.05) is 12.2 Å².